The van der Waals surface area contributed by atoms with E-state index in [9.17, 15) is 4.79 Å². The number of rotatable bonds is 3. The van der Waals surface area contributed by atoms with E-state index in [1.807, 2.05) is 13.8 Å². The van der Waals surface area contributed by atoms with Gasteiger partial charge in [-0.2, -0.15) is 0 Å². The molecule has 0 radical (unpaired) electrons. The fraction of sp³-hybridized carbons (Fsp3) is 0.333. The molecule has 0 aromatic heterocycles. The van der Waals surface area contributed by atoms with Crippen LogP contribution in [0.4, 0.5) is 0 Å². The Bertz CT molecular complexity index is 205. The Labute approximate surface area is 73.7 Å². The van der Waals surface area contributed by atoms with Crippen molar-refractivity contribution in [3.8, 4) is 0 Å². The highest BCUT2D eigenvalue weighted by Gasteiger charge is 1.99. The predicted octanol–water partition coefficient (Wildman–Crippen LogP) is 1.66. The summed E-state index contributed by atoms with van der Waals surface area (Å²) in [5.74, 6) is -0.585. The Kier molecular flexibility index (Phi) is 8.51. The maximum atomic E-state index is 10.4. The lowest BCUT2D eigenvalue weighted by molar-refractivity contribution is -0.111. The molecule has 0 spiro atoms. The highest BCUT2D eigenvalue weighted by Crippen LogP contribution is 1.90. The fourth-order valence-electron chi connectivity index (χ4n) is 0.407. The highest BCUT2D eigenvalue weighted by atomic mass is 16.1. The van der Waals surface area contributed by atoms with Crippen molar-refractivity contribution in [1.82, 2.24) is 0 Å². The van der Waals surface area contributed by atoms with E-state index in [1.165, 1.54) is 6.08 Å². The van der Waals surface area contributed by atoms with Crippen LogP contribution in [-0.4, -0.2) is 11.6 Å². The first-order valence-electron chi connectivity index (χ1n) is 3.74. The zero-order valence-corrected chi connectivity index (χ0v) is 7.92. The molecule has 0 aliphatic heterocycles. The van der Waals surface area contributed by atoms with Crippen LogP contribution in [0.1, 0.15) is 20.8 Å². The van der Waals surface area contributed by atoms with Crippen molar-refractivity contribution in [2.45, 2.75) is 20.8 Å². The van der Waals surface area contributed by atoms with Crippen LogP contribution in [0.15, 0.2) is 29.9 Å². The zero-order valence-electron chi connectivity index (χ0n) is 7.92. The van der Waals surface area contributed by atoms with Crippen LogP contribution in [0.25, 0.3) is 0 Å². The van der Waals surface area contributed by atoms with Crippen molar-refractivity contribution < 1.29 is 4.79 Å². The maximum Gasteiger partial charge on any atom is 0.267 e. The molecular formula is C9H16N2O. The largest absolute Gasteiger partial charge is 0.364 e. The van der Waals surface area contributed by atoms with Gasteiger partial charge < -0.3 is 5.73 Å². The van der Waals surface area contributed by atoms with Crippen LogP contribution in [0, 0.1) is 0 Å². The van der Waals surface area contributed by atoms with Crippen molar-refractivity contribution in [3.05, 3.63) is 24.9 Å². The molecule has 0 aromatic rings. The molecule has 0 aliphatic rings. The molecule has 3 nitrogen and oxygen atoms in total. The molecule has 3 heteroatoms. The van der Waals surface area contributed by atoms with Gasteiger partial charge in [0.25, 0.3) is 5.91 Å². The molecule has 68 valence electrons. The van der Waals surface area contributed by atoms with E-state index in [0.717, 1.165) is 0 Å². The number of nitrogens with zero attached hydrogens (tertiary/aromatic N) is 1. The maximum absolute atomic E-state index is 10.4. The van der Waals surface area contributed by atoms with Gasteiger partial charge in [0, 0.05) is 5.70 Å². The number of carbonyl (C=O) groups excluding carboxylic acids is 1. The number of hydrogen-bond donors (Lipinski definition) is 1. The first kappa shape index (κ1) is 13.2. The van der Waals surface area contributed by atoms with E-state index in [1.54, 1.807) is 6.92 Å². The van der Waals surface area contributed by atoms with E-state index < -0.39 is 5.91 Å². The normalized spacial score (nSPS) is 9.42. The van der Waals surface area contributed by atoms with Crippen molar-refractivity contribution in [1.29, 1.82) is 0 Å². The van der Waals surface area contributed by atoms with E-state index in [4.69, 9.17) is 5.73 Å². The molecule has 0 saturated carbocycles. The van der Waals surface area contributed by atoms with Gasteiger partial charge in [0.15, 0.2) is 0 Å². The Morgan fingerprint density at radius 1 is 1.50 bits per heavy atom. The highest BCUT2D eigenvalue weighted by molar-refractivity contribution is 6.42. The average molecular weight is 168 g/mol. The minimum Gasteiger partial charge on any atom is -0.364 e. The Morgan fingerprint density at radius 3 is 2.00 bits per heavy atom. The van der Waals surface area contributed by atoms with Crippen LogP contribution in [0.5, 0.6) is 0 Å². The lowest BCUT2D eigenvalue weighted by Crippen LogP contribution is -2.21. The third-order valence-electron chi connectivity index (χ3n) is 0.757. The Morgan fingerprint density at radius 2 is 1.92 bits per heavy atom. The van der Waals surface area contributed by atoms with Crippen LogP contribution in [0.2, 0.25) is 0 Å². The minimum atomic E-state index is -0.585. The van der Waals surface area contributed by atoms with Gasteiger partial charge in [-0.1, -0.05) is 27.0 Å². The van der Waals surface area contributed by atoms with Crippen LogP contribution in [-0.2, 0) is 4.79 Å². The first-order valence-corrected chi connectivity index (χ1v) is 3.74. The second-order valence-corrected chi connectivity index (χ2v) is 1.80. The summed E-state index contributed by atoms with van der Waals surface area (Å²) in [5.41, 5.74) is 5.60. The number of allylic oxidation sites excluding steroid dienone is 1. The van der Waals surface area contributed by atoms with Crippen molar-refractivity contribution in [2.24, 2.45) is 10.7 Å². The van der Waals surface area contributed by atoms with E-state index in [0.29, 0.717) is 5.70 Å². The summed E-state index contributed by atoms with van der Waals surface area (Å²) in [6.07, 6.45) is 1.30. The van der Waals surface area contributed by atoms with Gasteiger partial charge in [-0.3, -0.25) is 4.79 Å². The molecule has 2 N–H and O–H groups in total. The van der Waals surface area contributed by atoms with Crippen LogP contribution >= 0.6 is 0 Å². The SMILES string of the molecule is C=CC(=NC(=C)C)C(N)=O.CC. The number of nitrogens with two attached hydrogens (primary N) is 1. The minimum absolute atomic E-state index is 0.146. The van der Waals surface area contributed by atoms with Gasteiger partial charge in [0.05, 0.1) is 0 Å². The van der Waals surface area contributed by atoms with Gasteiger partial charge in [-0.05, 0) is 13.0 Å². The molecule has 0 unspecified atom stereocenters. The molecule has 0 aliphatic carbocycles. The summed E-state index contributed by atoms with van der Waals surface area (Å²) >= 11 is 0. The molecule has 0 fully saturated rings. The third kappa shape index (κ3) is 6.74. The summed E-state index contributed by atoms with van der Waals surface area (Å²) in [4.78, 5) is 14.2. The predicted molar refractivity (Wildman–Crippen MR) is 53.0 cm³/mol. The summed E-state index contributed by atoms with van der Waals surface area (Å²) in [6, 6.07) is 0. The van der Waals surface area contributed by atoms with E-state index in [-0.39, 0.29) is 5.71 Å². The van der Waals surface area contributed by atoms with E-state index in [2.05, 4.69) is 18.2 Å². The monoisotopic (exact) mass is 168 g/mol. The molecule has 0 bridgehead atoms. The third-order valence-corrected chi connectivity index (χ3v) is 0.757. The quantitative estimate of drug-likeness (QED) is 0.640. The van der Waals surface area contributed by atoms with Crippen LogP contribution < -0.4 is 5.73 Å². The lowest BCUT2D eigenvalue weighted by Gasteiger charge is -1.92. The van der Waals surface area contributed by atoms with E-state index >= 15 is 0 Å². The van der Waals surface area contributed by atoms with Crippen molar-refractivity contribution in [2.75, 3.05) is 0 Å². The lowest BCUT2D eigenvalue weighted by atomic mass is 10.3. The average Bonchev–Trinajstić information content (AvgIpc) is 2.03. The standard InChI is InChI=1S/C7H10N2O.C2H6/c1-4-6(7(8)10)9-5(2)3;1-2/h4H,1-2H2,3H3,(H2,8,10);1-2H3. The van der Waals surface area contributed by atoms with Gasteiger partial charge in [0.2, 0.25) is 0 Å². The second kappa shape index (κ2) is 7.72. The second-order valence-electron chi connectivity index (χ2n) is 1.80. The van der Waals surface area contributed by atoms with Crippen LogP contribution in [0.3, 0.4) is 0 Å². The number of hydrogen-bond acceptors (Lipinski definition) is 2. The molecule has 1 amide bonds. The fourth-order valence-corrected chi connectivity index (χ4v) is 0.407. The number of carbonyl (C=O) groups is 1. The Balaban J connectivity index is 0. The molecule has 0 aromatic carbocycles. The molecule has 0 atom stereocenters. The summed E-state index contributed by atoms with van der Waals surface area (Å²) in [5, 5.41) is 0. The number of amides is 1. The van der Waals surface area contributed by atoms with Crippen molar-refractivity contribution in [3.63, 3.8) is 0 Å². The van der Waals surface area contributed by atoms with Gasteiger partial charge in [-0.15, -0.1) is 0 Å². The number of primary amides is 1. The summed E-state index contributed by atoms with van der Waals surface area (Å²) < 4.78 is 0. The molecule has 12 heavy (non-hydrogen) atoms. The molecule has 0 heterocycles. The smallest absolute Gasteiger partial charge is 0.267 e. The summed E-state index contributed by atoms with van der Waals surface area (Å²) in [7, 11) is 0. The zero-order chi connectivity index (χ0) is 10.1. The topological polar surface area (TPSA) is 55.4 Å². The van der Waals surface area contributed by atoms with Gasteiger partial charge >= 0.3 is 0 Å². The number of aliphatic imine (C=N–C) groups is 1. The Hall–Kier alpha value is -1.38. The van der Waals surface area contributed by atoms with Crippen molar-refractivity contribution >= 4 is 11.6 Å². The van der Waals surface area contributed by atoms with Gasteiger partial charge in [-0.25, -0.2) is 4.99 Å². The molecule has 0 saturated heterocycles. The summed E-state index contributed by atoms with van der Waals surface area (Å²) in [6.45, 7) is 12.5. The van der Waals surface area contributed by atoms with Gasteiger partial charge in [0.1, 0.15) is 5.71 Å². The molecule has 0 rings (SSSR count). The first-order chi connectivity index (χ1) is 5.57. The molecular weight excluding hydrogens is 152 g/mol.